The number of nitrogens with zero attached hydrogens (tertiary/aromatic N) is 5. The van der Waals surface area contributed by atoms with Crippen LogP contribution in [0.4, 0.5) is 5.69 Å². The predicted octanol–water partition coefficient (Wildman–Crippen LogP) is 5.28. The molecule has 0 aliphatic carbocycles. The second-order valence-electron chi connectivity index (χ2n) is 8.05. The monoisotopic (exact) mass is 499 g/mol. The number of hydrogen-bond donors (Lipinski definition) is 0. The minimum Gasteiger partial charge on any atom is -0.420 e. The zero-order chi connectivity index (χ0) is 24.9. The molecule has 5 rings (SSSR count). The average molecular weight is 500 g/mol. The summed E-state index contributed by atoms with van der Waals surface area (Å²) >= 11 is 1.36. The first-order valence-corrected chi connectivity index (χ1v) is 12.3. The van der Waals surface area contributed by atoms with Gasteiger partial charge in [0.05, 0.1) is 21.6 Å². The van der Waals surface area contributed by atoms with Gasteiger partial charge >= 0.3 is 0 Å². The number of fused-ring (bicyclic) bond motifs is 1. The SMILES string of the molecule is O=c1c2ccccc2nc(SCc2nnc(-c3ccc([N+](=O)[O-])cc3)o2)n1CCCc1ccccc1. The van der Waals surface area contributed by atoms with Crippen molar-refractivity contribution >= 4 is 28.4 Å². The Morgan fingerprint density at radius 1 is 0.944 bits per heavy atom. The fourth-order valence-corrected chi connectivity index (χ4v) is 4.68. The molecule has 2 heterocycles. The van der Waals surface area contributed by atoms with Crippen LogP contribution in [0.3, 0.4) is 0 Å². The Labute approximate surface area is 210 Å². The summed E-state index contributed by atoms with van der Waals surface area (Å²) in [4.78, 5) is 28.4. The summed E-state index contributed by atoms with van der Waals surface area (Å²) in [6, 6.07) is 23.4. The van der Waals surface area contributed by atoms with Crippen molar-refractivity contribution in [1.29, 1.82) is 0 Å². The molecule has 0 saturated heterocycles. The first-order valence-electron chi connectivity index (χ1n) is 11.3. The fourth-order valence-electron chi connectivity index (χ4n) is 3.82. The van der Waals surface area contributed by atoms with Gasteiger partial charge in [0.1, 0.15) is 0 Å². The molecule has 0 bridgehead atoms. The lowest BCUT2D eigenvalue weighted by atomic mass is 10.1. The van der Waals surface area contributed by atoms with E-state index in [1.165, 1.54) is 29.5 Å². The summed E-state index contributed by atoms with van der Waals surface area (Å²) in [7, 11) is 0. The zero-order valence-electron chi connectivity index (χ0n) is 19.1. The van der Waals surface area contributed by atoms with Gasteiger partial charge in [0.2, 0.25) is 11.8 Å². The van der Waals surface area contributed by atoms with E-state index in [4.69, 9.17) is 9.40 Å². The van der Waals surface area contributed by atoms with E-state index in [2.05, 4.69) is 22.3 Å². The van der Waals surface area contributed by atoms with Crippen LogP contribution in [0.2, 0.25) is 0 Å². The lowest BCUT2D eigenvalue weighted by Crippen LogP contribution is -2.23. The highest BCUT2D eigenvalue weighted by Gasteiger charge is 2.15. The molecule has 9 nitrogen and oxygen atoms in total. The lowest BCUT2D eigenvalue weighted by molar-refractivity contribution is -0.384. The molecule has 0 aliphatic heterocycles. The second kappa shape index (κ2) is 10.5. The highest BCUT2D eigenvalue weighted by atomic mass is 32.2. The Kier molecular flexibility index (Phi) is 6.85. The fraction of sp³-hybridized carbons (Fsp3) is 0.154. The molecule has 5 aromatic rings. The lowest BCUT2D eigenvalue weighted by Gasteiger charge is -2.12. The molecule has 0 fully saturated rings. The maximum Gasteiger partial charge on any atom is 0.269 e. The summed E-state index contributed by atoms with van der Waals surface area (Å²) in [5.41, 5.74) is 2.36. The van der Waals surface area contributed by atoms with Crippen molar-refractivity contribution in [1.82, 2.24) is 19.7 Å². The molecule has 0 unspecified atom stereocenters. The number of rotatable bonds is 9. The van der Waals surface area contributed by atoms with Gasteiger partial charge in [-0.15, -0.1) is 10.2 Å². The quantitative estimate of drug-likeness (QED) is 0.116. The van der Waals surface area contributed by atoms with Crippen LogP contribution in [0, 0.1) is 10.1 Å². The predicted molar refractivity (Wildman–Crippen MR) is 137 cm³/mol. The first kappa shape index (κ1) is 23.4. The number of hydrogen-bond acceptors (Lipinski definition) is 8. The van der Waals surface area contributed by atoms with Gasteiger partial charge in [-0.2, -0.15) is 0 Å². The van der Waals surface area contributed by atoms with Crippen LogP contribution in [-0.4, -0.2) is 24.7 Å². The third-order valence-electron chi connectivity index (χ3n) is 5.63. The van der Waals surface area contributed by atoms with Crippen molar-refractivity contribution in [2.24, 2.45) is 0 Å². The molecule has 36 heavy (non-hydrogen) atoms. The van der Waals surface area contributed by atoms with Crippen LogP contribution < -0.4 is 5.56 Å². The number of aryl methyl sites for hydroxylation is 1. The molecule has 3 aromatic carbocycles. The van der Waals surface area contributed by atoms with Crippen LogP contribution in [0.25, 0.3) is 22.4 Å². The second-order valence-corrected chi connectivity index (χ2v) is 8.99. The largest absolute Gasteiger partial charge is 0.420 e. The molecule has 0 radical (unpaired) electrons. The minimum absolute atomic E-state index is 0.0124. The molecular formula is C26H21N5O4S. The van der Waals surface area contributed by atoms with Gasteiger partial charge in [-0.3, -0.25) is 19.5 Å². The molecule has 2 aromatic heterocycles. The van der Waals surface area contributed by atoms with Crippen LogP contribution in [-0.2, 0) is 18.7 Å². The van der Waals surface area contributed by atoms with Gasteiger partial charge in [-0.05, 0) is 42.7 Å². The minimum atomic E-state index is -0.463. The van der Waals surface area contributed by atoms with E-state index in [0.717, 1.165) is 12.8 Å². The highest BCUT2D eigenvalue weighted by Crippen LogP contribution is 2.25. The summed E-state index contributed by atoms with van der Waals surface area (Å²) in [6.45, 7) is 0.534. The Hall–Kier alpha value is -4.31. The number of para-hydroxylation sites is 1. The van der Waals surface area contributed by atoms with E-state index in [1.54, 1.807) is 22.8 Å². The van der Waals surface area contributed by atoms with Crippen LogP contribution in [0.5, 0.6) is 0 Å². The molecule has 0 atom stereocenters. The summed E-state index contributed by atoms with van der Waals surface area (Å²) in [5, 5.41) is 20.2. The number of nitro groups is 1. The van der Waals surface area contributed by atoms with Crippen molar-refractivity contribution in [2.45, 2.75) is 30.3 Å². The van der Waals surface area contributed by atoms with E-state index < -0.39 is 4.92 Å². The Bertz CT molecular complexity index is 1570. The van der Waals surface area contributed by atoms with Crippen molar-refractivity contribution in [2.75, 3.05) is 0 Å². The highest BCUT2D eigenvalue weighted by molar-refractivity contribution is 7.98. The number of aromatic nitrogens is 4. The summed E-state index contributed by atoms with van der Waals surface area (Å²) < 4.78 is 7.47. The zero-order valence-corrected chi connectivity index (χ0v) is 19.9. The maximum atomic E-state index is 13.3. The maximum absolute atomic E-state index is 13.3. The standard InChI is InChI=1S/C26H21N5O4S/c32-25-21-10-4-5-11-22(21)27-26(30(25)16-6-9-18-7-2-1-3-8-18)36-17-23-28-29-24(35-23)19-12-14-20(15-13-19)31(33)34/h1-5,7-8,10-15H,6,9,16-17H2. The van der Waals surface area contributed by atoms with E-state index in [-0.39, 0.29) is 17.1 Å². The molecule has 180 valence electrons. The van der Waals surface area contributed by atoms with E-state index in [9.17, 15) is 14.9 Å². The number of thioether (sulfide) groups is 1. The topological polar surface area (TPSA) is 117 Å². The molecule has 0 N–H and O–H groups in total. The van der Waals surface area contributed by atoms with Crippen LogP contribution >= 0.6 is 11.8 Å². The summed E-state index contributed by atoms with van der Waals surface area (Å²) in [6.07, 6.45) is 1.65. The molecule has 0 saturated carbocycles. The Balaban J connectivity index is 1.35. The average Bonchev–Trinajstić information content (AvgIpc) is 3.39. The van der Waals surface area contributed by atoms with Crippen molar-refractivity contribution < 1.29 is 9.34 Å². The van der Waals surface area contributed by atoms with E-state index in [1.807, 2.05) is 36.4 Å². The molecule has 0 amide bonds. The van der Waals surface area contributed by atoms with Gasteiger partial charge in [0, 0.05) is 24.2 Å². The number of benzene rings is 3. The molecule has 0 spiro atoms. The van der Waals surface area contributed by atoms with Crippen LogP contribution in [0.1, 0.15) is 17.9 Å². The van der Waals surface area contributed by atoms with E-state index in [0.29, 0.717) is 39.8 Å². The van der Waals surface area contributed by atoms with E-state index >= 15 is 0 Å². The third kappa shape index (κ3) is 5.18. The number of non-ortho nitro benzene ring substituents is 1. The van der Waals surface area contributed by atoms with Crippen molar-refractivity contribution in [3.63, 3.8) is 0 Å². The van der Waals surface area contributed by atoms with Gasteiger partial charge in [0.25, 0.3) is 11.2 Å². The van der Waals surface area contributed by atoms with Crippen molar-refractivity contribution in [3.8, 4) is 11.5 Å². The smallest absolute Gasteiger partial charge is 0.269 e. The van der Waals surface area contributed by atoms with Gasteiger partial charge in [-0.25, -0.2) is 4.98 Å². The number of nitro benzene ring substituents is 1. The Morgan fingerprint density at radius 2 is 1.69 bits per heavy atom. The van der Waals surface area contributed by atoms with Crippen molar-refractivity contribution in [3.05, 3.63) is 111 Å². The third-order valence-corrected chi connectivity index (χ3v) is 6.59. The van der Waals surface area contributed by atoms with Crippen LogP contribution in [0.15, 0.2) is 93.2 Å². The van der Waals surface area contributed by atoms with Gasteiger partial charge in [-0.1, -0.05) is 54.2 Å². The first-order chi connectivity index (χ1) is 17.6. The van der Waals surface area contributed by atoms with Gasteiger partial charge < -0.3 is 4.42 Å². The molecular weight excluding hydrogens is 478 g/mol. The Morgan fingerprint density at radius 3 is 2.47 bits per heavy atom. The normalized spacial score (nSPS) is 11.1. The molecule has 0 aliphatic rings. The molecule has 10 heteroatoms. The van der Waals surface area contributed by atoms with Gasteiger partial charge in [0.15, 0.2) is 5.16 Å². The summed E-state index contributed by atoms with van der Waals surface area (Å²) in [5.74, 6) is 0.961.